The molecule has 1 heterocycles. The van der Waals surface area contributed by atoms with Crippen LogP contribution in [0.15, 0.2) is 42.6 Å². The average Bonchev–Trinajstić information content (AvgIpc) is 2.39. The molecule has 0 atom stereocenters. The number of pyridine rings is 1. The smallest absolute Gasteiger partial charge is 0.122 e. The number of benzene rings is 1. The van der Waals surface area contributed by atoms with Gasteiger partial charge in [0.1, 0.15) is 5.75 Å². The Kier molecular flexibility index (Phi) is 4.80. The van der Waals surface area contributed by atoms with Crippen molar-refractivity contribution in [3.63, 3.8) is 0 Å². The molecule has 0 N–H and O–H groups in total. The molecule has 0 amide bonds. The Morgan fingerprint density at radius 1 is 1.21 bits per heavy atom. The van der Waals surface area contributed by atoms with Crippen LogP contribution in [0.3, 0.4) is 0 Å². The molecule has 0 aliphatic carbocycles. The zero-order valence-corrected chi connectivity index (χ0v) is 12.0. The molecule has 100 valence electrons. The molecule has 0 spiro atoms. The van der Waals surface area contributed by atoms with Gasteiger partial charge in [0.2, 0.25) is 0 Å². The van der Waals surface area contributed by atoms with Crippen LogP contribution in [0.5, 0.6) is 5.75 Å². The summed E-state index contributed by atoms with van der Waals surface area (Å²) < 4.78 is 5.84. The molecule has 0 saturated heterocycles. The topological polar surface area (TPSA) is 22.1 Å². The minimum atomic E-state index is 0.498. The first-order chi connectivity index (χ1) is 9.15. The van der Waals surface area contributed by atoms with E-state index in [4.69, 9.17) is 16.3 Å². The van der Waals surface area contributed by atoms with Crippen LogP contribution in [0.4, 0.5) is 0 Å². The van der Waals surface area contributed by atoms with Crippen LogP contribution < -0.4 is 4.74 Å². The van der Waals surface area contributed by atoms with Crippen molar-refractivity contribution in [3.05, 3.63) is 58.9 Å². The molecule has 2 aromatic rings. The van der Waals surface area contributed by atoms with E-state index in [9.17, 15) is 0 Å². The summed E-state index contributed by atoms with van der Waals surface area (Å²) in [7, 11) is 0. The number of nitrogens with zero attached hydrogens (tertiary/aromatic N) is 1. The Morgan fingerprint density at radius 2 is 2.05 bits per heavy atom. The molecule has 3 heteroatoms. The van der Waals surface area contributed by atoms with E-state index in [1.54, 1.807) is 6.20 Å². The highest BCUT2D eigenvalue weighted by molar-refractivity contribution is 6.30. The standard InChI is InChI=1S/C16H18ClNO/c1-12(2)11-19-16-7-6-14(17)9-13(16)10-15-5-3-4-8-18-15/h3-9,12H,10-11H2,1-2H3. The maximum absolute atomic E-state index is 6.07. The van der Waals surface area contributed by atoms with E-state index in [1.807, 2.05) is 36.4 Å². The number of ether oxygens (including phenoxy) is 1. The molecule has 2 rings (SSSR count). The van der Waals surface area contributed by atoms with Gasteiger partial charge in [-0.1, -0.05) is 31.5 Å². The molecule has 1 aromatic heterocycles. The zero-order chi connectivity index (χ0) is 13.7. The van der Waals surface area contributed by atoms with Crippen molar-refractivity contribution in [1.82, 2.24) is 4.98 Å². The first-order valence-electron chi connectivity index (χ1n) is 6.46. The summed E-state index contributed by atoms with van der Waals surface area (Å²) in [6, 6.07) is 11.7. The Balaban J connectivity index is 2.19. The van der Waals surface area contributed by atoms with Gasteiger partial charge in [0.15, 0.2) is 0 Å². The highest BCUT2D eigenvalue weighted by Gasteiger charge is 2.07. The van der Waals surface area contributed by atoms with E-state index in [0.29, 0.717) is 12.5 Å². The van der Waals surface area contributed by atoms with Gasteiger partial charge in [-0.25, -0.2) is 0 Å². The van der Waals surface area contributed by atoms with E-state index < -0.39 is 0 Å². The van der Waals surface area contributed by atoms with Gasteiger partial charge < -0.3 is 4.74 Å². The third-order valence-electron chi connectivity index (χ3n) is 2.69. The number of hydrogen-bond acceptors (Lipinski definition) is 2. The highest BCUT2D eigenvalue weighted by atomic mass is 35.5. The summed E-state index contributed by atoms with van der Waals surface area (Å²) in [5.41, 5.74) is 2.09. The molecule has 19 heavy (non-hydrogen) atoms. The van der Waals surface area contributed by atoms with Crippen molar-refractivity contribution in [2.75, 3.05) is 6.61 Å². The van der Waals surface area contributed by atoms with Crippen LogP contribution in [-0.2, 0) is 6.42 Å². The summed E-state index contributed by atoms with van der Waals surface area (Å²) in [6.45, 7) is 4.97. The summed E-state index contributed by atoms with van der Waals surface area (Å²) in [5, 5.41) is 0.725. The second kappa shape index (κ2) is 6.58. The molecule has 0 saturated carbocycles. The van der Waals surface area contributed by atoms with Crippen molar-refractivity contribution in [3.8, 4) is 5.75 Å². The van der Waals surface area contributed by atoms with Crippen molar-refractivity contribution >= 4 is 11.6 Å². The minimum Gasteiger partial charge on any atom is -0.493 e. The highest BCUT2D eigenvalue weighted by Crippen LogP contribution is 2.25. The SMILES string of the molecule is CC(C)COc1ccc(Cl)cc1Cc1ccccn1. The lowest BCUT2D eigenvalue weighted by Crippen LogP contribution is -2.06. The molecule has 1 aromatic carbocycles. The third-order valence-corrected chi connectivity index (χ3v) is 2.93. The normalized spacial score (nSPS) is 10.7. The molecule has 0 bridgehead atoms. The monoisotopic (exact) mass is 275 g/mol. The fraction of sp³-hybridized carbons (Fsp3) is 0.312. The van der Waals surface area contributed by atoms with E-state index in [0.717, 1.165) is 28.5 Å². The van der Waals surface area contributed by atoms with Crippen LogP contribution in [0.25, 0.3) is 0 Å². The lowest BCUT2D eigenvalue weighted by atomic mass is 10.1. The van der Waals surface area contributed by atoms with E-state index in [-0.39, 0.29) is 0 Å². The molecule has 0 radical (unpaired) electrons. The quantitative estimate of drug-likeness (QED) is 0.809. The number of hydrogen-bond donors (Lipinski definition) is 0. The Labute approximate surface area is 119 Å². The number of aromatic nitrogens is 1. The van der Waals surface area contributed by atoms with Gasteiger partial charge in [0.05, 0.1) is 6.61 Å². The number of halogens is 1. The van der Waals surface area contributed by atoms with Crippen LogP contribution in [0.2, 0.25) is 5.02 Å². The van der Waals surface area contributed by atoms with Crippen molar-refractivity contribution < 1.29 is 4.74 Å². The molecule has 0 unspecified atom stereocenters. The Bertz CT molecular complexity index is 526. The van der Waals surface area contributed by atoms with Gasteiger partial charge in [-0.05, 0) is 36.2 Å². The summed E-state index contributed by atoms with van der Waals surface area (Å²) in [5.74, 6) is 1.39. The van der Waals surface area contributed by atoms with E-state index in [2.05, 4.69) is 18.8 Å². The average molecular weight is 276 g/mol. The zero-order valence-electron chi connectivity index (χ0n) is 11.3. The van der Waals surface area contributed by atoms with Crippen LogP contribution in [-0.4, -0.2) is 11.6 Å². The van der Waals surface area contributed by atoms with Crippen molar-refractivity contribution in [1.29, 1.82) is 0 Å². The predicted molar refractivity (Wildman–Crippen MR) is 78.8 cm³/mol. The fourth-order valence-corrected chi connectivity index (χ4v) is 1.98. The summed E-state index contributed by atoms with van der Waals surface area (Å²) >= 11 is 6.07. The molecule has 0 aliphatic heterocycles. The lowest BCUT2D eigenvalue weighted by Gasteiger charge is -2.13. The number of rotatable bonds is 5. The van der Waals surface area contributed by atoms with Gasteiger partial charge in [0.25, 0.3) is 0 Å². The van der Waals surface area contributed by atoms with Gasteiger partial charge in [-0.3, -0.25) is 4.98 Å². The maximum Gasteiger partial charge on any atom is 0.122 e. The molecule has 0 aliphatic rings. The second-order valence-corrected chi connectivity index (χ2v) is 5.39. The van der Waals surface area contributed by atoms with E-state index >= 15 is 0 Å². The van der Waals surface area contributed by atoms with Crippen LogP contribution in [0.1, 0.15) is 25.1 Å². The van der Waals surface area contributed by atoms with Gasteiger partial charge in [-0.15, -0.1) is 0 Å². The van der Waals surface area contributed by atoms with Gasteiger partial charge in [-0.2, -0.15) is 0 Å². The van der Waals surface area contributed by atoms with E-state index in [1.165, 1.54) is 0 Å². The van der Waals surface area contributed by atoms with Gasteiger partial charge >= 0.3 is 0 Å². The van der Waals surface area contributed by atoms with Crippen molar-refractivity contribution in [2.24, 2.45) is 5.92 Å². The largest absolute Gasteiger partial charge is 0.493 e. The first-order valence-corrected chi connectivity index (χ1v) is 6.84. The lowest BCUT2D eigenvalue weighted by molar-refractivity contribution is 0.269. The molecule has 2 nitrogen and oxygen atoms in total. The van der Waals surface area contributed by atoms with Crippen LogP contribution >= 0.6 is 11.6 Å². The molecular formula is C16H18ClNO. The van der Waals surface area contributed by atoms with Gasteiger partial charge in [0, 0.05) is 28.9 Å². The fourth-order valence-electron chi connectivity index (χ4n) is 1.78. The molecular weight excluding hydrogens is 258 g/mol. The summed E-state index contributed by atoms with van der Waals surface area (Å²) in [4.78, 5) is 4.34. The summed E-state index contributed by atoms with van der Waals surface area (Å²) in [6.07, 6.45) is 2.53. The van der Waals surface area contributed by atoms with Crippen LogP contribution in [0, 0.1) is 5.92 Å². The maximum atomic E-state index is 6.07. The Morgan fingerprint density at radius 3 is 2.74 bits per heavy atom. The second-order valence-electron chi connectivity index (χ2n) is 4.95. The molecule has 0 fully saturated rings. The van der Waals surface area contributed by atoms with Crippen molar-refractivity contribution in [2.45, 2.75) is 20.3 Å². The predicted octanol–water partition coefficient (Wildman–Crippen LogP) is 4.36. The Hall–Kier alpha value is -1.54. The first kappa shape index (κ1) is 13.9. The third kappa shape index (κ3) is 4.25. The minimum absolute atomic E-state index is 0.498.